The number of anilines is 1. The van der Waals surface area contributed by atoms with Crippen molar-refractivity contribution in [2.75, 3.05) is 5.01 Å². The van der Waals surface area contributed by atoms with Crippen LogP contribution in [0.4, 0.5) is 5.69 Å². The second-order valence-corrected chi connectivity index (χ2v) is 5.82. The summed E-state index contributed by atoms with van der Waals surface area (Å²) in [4.78, 5) is 0. The lowest BCUT2D eigenvalue weighted by atomic mass is 10.0. The summed E-state index contributed by atoms with van der Waals surface area (Å²) in [6.07, 6.45) is 2.73. The first-order valence-corrected chi connectivity index (χ1v) is 7.31. The smallest absolute Gasteiger partial charge is 0.0826 e. The van der Waals surface area contributed by atoms with Gasteiger partial charge in [0.15, 0.2) is 0 Å². The zero-order valence-corrected chi connectivity index (χ0v) is 12.7. The summed E-state index contributed by atoms with van der Waals surface area (Å²) < 4.78 is 0. The number of hydrogen-bond donors (Lipinski definition) is 0. The Morgan fingerprint density at radius 2 is 1.65 bits per heavy atom. The lowest BCUT2D eigenvalue weighted by Crippen LogP contribution is -2.18. The lowest BCUT2D eigenvalue weighted by Gasteiger charge is -2.25. The maximum atomic E-state index is 6.27. The van der Waals surface area contributed by atoms with E-state index in [9.17, 15) is 0 Å². The highest BCUT2D eigenvalue weighted by Crippen LogP contribution is 2.38. The van der Waals surface area contributed by atoms with Crippen molar-refractivity contribution in [3.8, 4) is 0 Å². The van der Waals surface area contributed by atoms with Gasteiger partial charge in [-0.25, -0.2) is 0 Å². The maximum absolute atomic E-state index is 6.27. The first-order chi connectivity index (χ1) is 9.65. The predicted octanol–water partition coefficient (Wildman–Crippen LogP) is 5.58. The summed E-state index contributed by atoms with van der Waals surface area (Å²) in [6.45, 7) is 0. The molecular formula is C15H11Cl3N2. The average molecular weight is 326 g/mol. The molecule has 2 aromatic carbocycles. The van der Waals surface area contributed by atoms with Crippen LogP contribution in [-0.4, -0.2) is 6.21 Å². The number of rotatable bonds is 2. The normalized spacial score (nSPS) is 17.8. The summed E-state index contributed by atoms with van der Waals surface area (Å²) >= 11 is 18.1. The summed E-state index contributed by atoms with van der Waals surface area (Å²) in [5, 5.41) is 8.28. The van der Waals surface area contributed by atoms with Crippen LogP contribution < -0.4 is 5.01 Å². The van der Waals surface area contributed by atoms with Crippen molar-refractivity contribution in [2.45, 2.75) is 12.5 Å². The molecule has 102 valence electrons. The molecule has 2 nitrogen and oxygen atoms in total. The minimum Gasteiger partial charge on any atom is -0.256 e. The Morgan fingerprint density at radius 1 is 0.950 bits per heavy atom. The Labute approximate surface area is 132 Å². The van der Waals surface area contributed by atoms with Crippen LogP contribution in [0, 0.1) is 0 Å². The Bertz CT molecular complexity index is 653. The van der Waals surface area contributed by atoms with Crippen LogP contribution in [0.15, 0.2) is 47.6 Å². The van der Waals surface area contributed by atoms with E-state index in [0.717, 1.165) is 22.7 Å². The molecule has 3 rings (SSSR count). The monoisotopic (exact) mass is 324 g/mol. The van der Waals surface area contributed by atoms with Gasteiger partial charge in [-0.05, 0) is 35.9 Å². The lowest BCUT2D eigenvalue weighted by molar-refractivity contribution is 0.710. The van der Waals surface area contributed by atoms with Crippen LogP contribution in [0.5, 0.6) is 0 Å². The molecule has 0 radical (unpaired) electrons. The van der Waals surface area contributed by atoms with Crippen molar-refractivity contribution >= 4 is 46.7 Å². The molecule has 0 saturated carbocycles. The van der Waals surface area contributed by atoms with E-state index in [1.54, 1.807) is 6.07 Å². The van der Waals surface area contributed by atoms with Crippen molar-refractivity contribution < 1.29 is 0 Å². The van der Waals surface area contributed by atoms with Gasteiger partial charge in [0.25, 0.3) is 0 Å². The van der Waals surface area contributed by atoms with Gasteiger partial charge in [-0.2, -0.15) is 5.10 Å². The maximum Gasteiger partial charge on any atom is 0.0826 e. The molecule has 0 amide bonds. The van der Waals surface area contributed by atoms with Gasteiger partial charge in [0.2, 0.25) is 0 Å². The molecule has 2 aromatic rings. The molecule has 0 aromatic heterocycles. The van der Waals surface area contributed by atoms with Gasteiger partial charge in [-0.1, -0.05) is 46.9 Å². The first kappa shape index (κ1) is 13.7. The number of benzene rings is 2. The van der Waals surface area contributed by atoms with Gasteiger partial charge >= 0.3 is 0 Å². The standard InChI is InChI=1S/C15H11Cl3N2/c16-11-3-1-10(2-4-11)14-7-8-19-20(14)15-6-5-12(17)9-13(15)18/h1-6,8-9,14H,7H2/t14-/m0/s1. The summed E-state index contributed by atoms with van der Waals surface area (Å²) in [6, 6.07) is 13.4. The SMILES string of the molecule is Clc1ccc([C@@H]2CC=NN2c2ccc(Cl)cc2Cl)cc1. The molecule has 1 atom stereocenters. The minimum atomic E-state index is 0.131. The summed E-state index contributed by atoms with van der Waals surface area (Å²) in [5.74, 6) is 0. The molecule has 1 aliphatic heterocycles. The van der Waals surface area contributed by atoms with Gasteiger partial charge in [0.05, 0.1) is 16.8 Å². The zero-order valence-electron chi connectivity index (χ0n) is 10.4. The quantitative estimate of drug-likeness (QED) is 0.703. The summed E-state index contributed by atoms with van der Waals surface area (Å²) in [5.41, 5.74) is 2.00. The summed E-state index contributed by atoms with van der Waals surface area (Å²) in [7, 11) is 0. The highest BCUT2D eigenvalue weighted by atomic mass is 35.5. The van der Waals surface area contributed by atoms with Crippen molar-refractivity contribution in [2.24, 2.45) is 5.10 Å². The molecule has 1 heterocycles. The number of hydrazone groups is 1. The van der Waals surface area contributed by atoms with Crippen LogP contribution in [0.2, 0.25) is 15.1 Å². The van der Waals surface area contributed by atoms with Gasteiger partial charge in [0.1, 0.15) is 0 Å². The van der Waals surface area contributed by atoms with Gasteiger partial charge in [-0.3, -0.25) is 5.01 Å². The van der Waals surface area contributed by atoms with Crippen LogP contribution in [-0.2, 0) is 0 Å². The van der Waals surface area contributed by atoms with E-state index in [4.69, 9.17) is 34.8 Å². The average Bonchev–Trinajstić information content (AvgIpc) is 2.88. The highest BCUT2D eigenvalue weighted by molar-refractivity contribution is 6.36. The third kappa shape index (κ3) is 2.64. The van der Waals surface area contributed by atoms with Crippen molar-refractivity contribution in [3.63, 3.8) is 0 Å². The van der Waals surface area contributed by atoms with Crippen LogP contribution in [0.1, 0.15) is 18.0 Å². The Kier molecular flexibility index (Phi) is 3.88. The van der Waals surface area contributed by atoms with E-state index >= 15 is 0 Å². The van der Waals surface area contributed by atoms with E-state index in [1.807, 2.05) is 47.6 Å². The fraction of sp³-hybridized carbons (Fsp3) is 0.133. The molecule has 0 saturated heterocycles. The minimum absolute atomic E-state index is 0.131. The van der Waals surface area contributed by atoms with Crippen molar-refractivity contribution in [1.29, 1.82) is 0 Å². The molecule has 0 fully saturated rings. The molecular weight excluding hydrogens is 315 g/mol. The van der Waals surface area contributed by atoms with E-state index < -0.39 is 0 Å². The second-order valence-electron chi connectivity index (χ2n) is 4.54. The highest BCUT2D eigenvalue weighted by Gasteiger charge is 2.25. The molecule has 0 spiro atoms. The largest absolute Gasteiger partial charge is 0.256 e. The second kappa shape index (κ2) is 5.65. The topological polar surface area (TPSA) is 15.6 Å². The molecule has 1 aliphatic rings. The fourth-order valence-electron chi connectivity index (χ4n) is 2.27. The van der Waals surface area contributed by atoms with Crippen molar-refractivity contribution in [1.82, 2.24) is 0 Å². The molecule has 20 heavy (non-hydrogen) atoms. The fourth-order valence-corrected chi connectivity index (χ4v) is 2.90. The van der Waals surface area contributed by atoms with Gasteiger partial charge in [0, 0.05) is 22.7 Å². The Hall–Kier alpha value is -1.22. The van der Waals surface area contributed by atoms with Crippen LogP contribution >= 0.6 is 34.8 Å². The van der Waals surface area contributed by atoms with E-state index in [2.05, 4.69) is 5.10 Å². The van der Waals surface area contributed by atoms with Crippen molar-refractivity contribution in [3.05, 3.63) is 63.1 Å². The molecule has 0 bridgehead atoms. The Balaban J connectivity index is 1.95. The zero-order chi connectivity index (χ0) is 14.1. The molecule has 0 N–H and O–H groups in total. The van der Waals surface area contributed by atoms with Crippen LogP contribution in [0.3, 0.4) is 0 Å². The first-order valence-electron chi connectivity index (χ1n) is 6.17. The number of halogens is 3. The van der Waals surface area contributed by atoms with Gasteiger partial charge in [-0.15, -0.1) is 0 Å². The van der Waals surface area contributed by atoms with E-state index in [0.29, 0.717) is 10.0 Å². The molecule has 5 heteroatoms. The number of nitrogens with zero attached hydrogens (tertiary/aromatic N) is 2. The Morgan fingerprint density at radius 3 is 2.35 bits per heavy atom. The third-order valence-electron chi connectivity index (χ3n) is 3.24. The molecule has 0 aliphatic carbocycles. The molecule has 0 unspecified atom stereocenters. The van der Waals surface area contributed by atoms with E-state index in [-0.39, 0.29) is 6.04 Å². The predicted molar refractivity (Wildman–Crippen MR) is 86.2 cm³/mol. The van der Waals surface area contributed by atoms with Crippen LogP contribution in [0.25, 0.3) is 0 Å². The third-order valence-corrected chi connectivity index (χ3v) is 4.03. The number of hydrogen-bond acceptors (Lipinski definition) is 2. The van der Waals surface area contributed by atoms with Gasteiger partial charge < -0.3 is 0 Å². The van der Waals surface area contributed by atoms with E-state index in [1.165, 1.54) is 0 Å².